The molecule has 0 unspecified atom stereocenters. The molecule has 0 saturated carbocycles. The molecule has 3 aromatic rings. The third-order valence-electron chi connectivity index (χ3n) is 5.14. The molecule has 1 aliphatic heterocycles. The molecule has 4 rings (SSSR count). The number of carbonyl (C=O) groups excluding carboxylic acids is 1. The van der Waals surface area contributed by atoms with Gasteiger partial charge in [0.15, 0.2) is 5.17 Å². The summed E-state index contributed by atoms with van der Waals surface area (Å²) in [6.07, 6.45) is 1.82. The molecule has 1 aliphatic rings. The lowest BCUT2D eigenvalue weighted by molar-refractivity contribution is -0.122. The van der Waals surface area contributed by atoms with Crippen molar-refractivity contribution in [3.05, 3.63) is 95.2 Å². The Morgan fingerprint density at radius 3 is 2.47 bits per heavy atom. The zero-order valence-corrected chi connectivity index (χ0v) is 24.0. The van der Waals surface area contributed by atoms with Gasteiger partial charge in [0.2, 0.25) is 0 Å². The van der Waals surface area contributed by atoms with Crippen LogP contribution in [0.4, 0.5) is 10.1 Å². The van der Waals surface area contributed by atoms with Gasteiger partial charge in [0, 0.05) is 6.54 Å². The molecule has 0 aromatic heterocycles. The van der Waals surface area contributed by atoms with Crippen molar-refractivity contribution < 1.29 is 23.8 Å². The molecule has 1 fully saturated rings. The van der Waals surface area contributed by atoms with Crippen LogP contribution in [-0.2, 0) is 11.4 Å². The van der Waals surface area contributed by atoms with Gasteiger partial charge >= 0.3 is 5.97 Å². The zero-order chi connectivity index (χ0) is 25.8. The fourth-order valence-electron chi connectivity index (χ4n) is 3.38. The van der Waals surface area contributed by atoms with Gasteiger partial charge in [0.1, 0.15) is 18.2 Å². The average molecular weight is 728 g/mol. The van der Waals surface area contributed by atoms with Crippen molar-refractivity contribution in [3.63, 3.8) is 0 Å². The van der Waals surface area contributed by atoms with Gasteiger partial charge in [-0.15, -0.1) is 0 Å². The van der Waals surface area contributed by atoms with Crippen LogP contribution < -0.4 is 4.74 Å². The molecule has 0 spiro atoms. The number of aliphatic imine (C=N–C) groups is 1. The summed E-state index contributed by atoms with van der Waals surface area (Å²) < 4.78 is 20.9. The Morgan fingerprint density at radius 1 is 1.14 bits per heavy atom. The van der Waals surface area contributed by atoms with E-state index < -0.39 is 5.97 Å². The Labute approximate surface area is 238 Å². The summed E-state index contributed by atoms with van der Waals surface area (Å²) in [7, 11) is 0. The van der Waals surface area contributed by atoms with E-state index in [-0.39, 0.29) is 17.3 Å². The Bertz CT molecular complexity index is 1370. The summed E-state index contributed by atoms with van der Waals surface area (Å²) in [5.74, 6) is -0.751. The fourth-order valence-corrected chi connectivity index (χ4v) is 6.57. The second-order valence-corrected chi connectivity index (χ2v) is 11.0. The maximum atomic E-state index is 13.1. The van der Waals surface area contributed by atoms with E-state index in [0.717, 1.165) is 24.0 Å². The first kappa shape index (κ1) is 26.6. The number of hydrogen-bond acceptors (Lipinski definition) is 5. The highest BCUT2D eigenvalue weighted by Crippen LogP contribution is 2.36. The predicted molar refractivity (Wildman–Crippen MR) is 156 cm³/mol. The van der Waals surface area contributed by atoms with Crippen LogP contribution in [0.25, 0.3) is 6.08 Å². The number of benzene rings is 3. The number of nitrogens with zero attached hydrogens (tertiary/aromatic N) is 2. The van der Waals surface area contributed by atoms with Gasteiger partial charge in [-0.2, -0.15) is 0 Å². The van der Waals surface area contributed by atoms with Gasteiger partial charge in [-0.3, -0.25) is 9.69 Å². The minimum absolute atomic E-state index is 0.135. The van der Waals surface area contributed by atoms with Crippen LogP contribution in [0.3, 0.4) is 0 Å². The van der Waals surface area contributed by atoms with Gasteiger partial charge in [-0.25, -0.2) is 14.2 Å². The van der Waals surface area contributed by atoms with Gasteiger partial charge in [-0.1, -0.05) is 18.2 Å². The van der Waals surface area contributed by atoms with E-state index in [4.69, 9.17) is 4.74 Å². The van der Waals surface area contributed by atoms with Gasteiger partial charge < -0.3 is 9.84 Å². The van der Waals surface area contributed by atoms with Crippen molar-refractivity contribution in [1.82, 2.24) is 4.90 Å². The van der Waals surface area contributed by atoms with Crippen molar-refractivity contribution >= 4 is 85.8 Å². The summed E-state index contributed by atoms with van der Waals surface area (Å²) in [4.78, 5) is 30.9. The van der Waals surface area contributed by atoms with Crippen LogP contribution in [-0.4, -0.2) is 33.6 Å². The van der Waals surface area contributed by atoms with Gasteiger partial charge in [0.25, 0.3) is 5.91 Å². The van der Waals surface area contributed by atoms with Crippen LogP contribution in [0.1, 0.15) is 28.4 Å². The molecule has 0 aliphatic carbocycles. The number of aromatic carboxylic acids is 1. The largest absolute Gasteiger partial charge is 0.487 e. The first-order valence-corrected chi connectivity index (χ1v) is 13.7. The zero-order valence-electron chi connectivity index (χ0n) is 18.9. The number of amidine groups is 1. The van der Waals surface area contributed by atoms with E-state index in [2.05, 4.69) is 50.2 Å². The van der Waals surface area contributed by atoms with Crippen LogP contribution in [0.2, 0.25) is 0 Å². The summed E-state index contributed by atoms with van der Waals surface area (Å²) in [6.45, 7) is 2.62. The highest BCUT2D eigenvalue weighted by atomic mass is 127. The number of carboxylic acids is 1. The van der Waals surface area contributed by atoms with E-state index in [1.165, 1.54) is 36.0 Å². The highest BCUT2D eigenvalue weighted by molar-refractivity contribution is 14.1. The monoisotopic (exact) mass is 728 g/mol. The topological polar surface area (TPSA) is 79.2 Å². The van der Waals surface area contributed by atoms with Crippen molar-refractivity contribution in [2.75, 3.05) is 6.54 Å². The second-order valence-electron chi connectivity index (χ2n) is 7.64. The molecule has 1 N–H and O–H groups in total. The molecule has 0 radical (unpaired) electrons. The fraction of sp³-hybridized carbons (Fsp3) is 0.115. The highest BCUT2D eigenvalue weighted by Gasteiger charge is 2.32. The van der Waals surface area contributed by atoms with Crippen molar-refractivity contribution in [1.29, 1.82) is 0 Å². The maximum Gasteiger partial charge on any atom is 0.335 e. The van der Waals surface area contributed by atoms with E-state index in [1.54, 1.807) is 29.2 Å². The summed E-state index contributed by atoms with van der Waals surface area (Å²) in [5.41, 5.74) is 2.31. The maximum absolute atomic E-state index is 13.1. The summed E-state index contributed by atoms with van der Waals surface area (Å²) >= 11 is 5.65. The molecule has 0 atom stereocenters. The Hall–Kier alpha value is -2.45. The number of rotatable bonds is 7. The molecule has 0 bridgehead atoms. The molecule has 184 valence electrons. The van der Waals surface area contributed by atoms with Crippen LogP contribution in [0.5, 0.6) is 5.75 Å². The summed E-state index contributed by atoms with van der Waals surface area (Å²) in [5, 5.41) is 9.73. The first-order chi connectivity index (χ1) is 17.2. The molecule has 3 aromatic carbocycles. The minimum atomic E-state index is -1.03. The van der Waals surface area contributed by atoms with Crippen molar-refractivity contribution in [2.45, 2.75) is 13.5 Å². The van der Waals surface area contributed by atoms with E-state index in [1.807, 2.05) is 25.1 Å². The smallest absolute Gasteiger partial charge is 0.335 e. The molecule has 1 amide bonds. The lowest BCUT2D eigenvalue weighted by atomic mass is 10.2. The first-order valence-electron chi connectivity index (χ1n) is 10.7. The van der Waals surface area contributed by atoms with Crippen LogP contribution >= 0.6 is 56.9 Å². The third-order valence-corrected chi connectivity index (χ3v) is 7.75. The standard InChI is InChI=1S/C26H19FI2N2O4S/c1-2-31-24(32)22(36-26(31)30-19-5-3-4-17(13-19)25(33)34)12-16-10-20(28)23(21(29)11-16)35-14-15-6-8-18(27)9-7-15/h3-13H,2,14H2,1H3,(H,33,34)/b22-12-,30-26?. The number of carbonyl (C=O) groups is 2. The lowest BCUT2D eigenvalue weighted by Crippen LogP contribution is -2.28. The van der Waals surface area contributed by atoms with Crippen molar-refractivity contribution in [3.8, 4) is 5.75 Å². The average Bonchev–Trinajstić information content (AvgIpc) is 3.13. The Kier molecular flexibility index (Phi) is 8.67. The number of carboxylic acid groups (broad SMARTS) is 1. The number of thioether (sulfide) groups is 1. The van der Waals surface area contributed by atoms with E-state index >= 15 is 0 Å². The quantitative estimate of drug-likeness (QED) is 0.211. The Morgan fingerprint density at radius 2 is 1.83 bits per heavy atom. The number of halogens is 3. The number of hydrogen-bond donors (Lipinski definition) is 1. The molecule has 36 heavy (non-hydrogen) atoms. The minimum Gasteiger partial charge on any atom is -0.487 e. The van der Waals surface area contributed by atoms with Crippen LogP contribution in [0, 0.1) is 13.0 Å². The predicted octanol–water partition coefficient (Wildman–Crippen LogP) is 6.94. The Balaban J connectivity index is 1.56. The number of ether oxygens (including phenoxy) is 1. The summed E-state index contributed by atoms with van der Waals surface area (Å²) in [6, 6.07) is 16.4. The molecule has 1 saturated heterocycles. The van der Waals surface area contributed by atoms with Crippen LogP contribution in [0.15, 0.2) is 70.6 Å². The third kappa shape index (κ3) is 6.27. The molecule has 6 nitrogen and oxygen atoms in total. The molecular weight excluding hydrogens is 709 g/mol. The van der Waals surface area contributed by atoms with Gasteiger partial charge in [-0.05, 0) is 124 Å². The number of likely N-dealkylation sites (N-methyl/N-ethyl adjacent to an activating group) is 1. The molecular formula is C26H19FI2N2O4S. The molecule has 1 heterocycles. The SMILES string of the molecule is CCN1C(=O)/C(=C/c2cc(I)c(OCc3ccc(F)cc3)c(I)c2)SC1=Nc1cccc(C(=O)O)c1. The normalized spacial score (nSPS) is 15.7. The van der Waals surface area contributed by atoms with Crippen molar-refractivity contribution in [2.24, 2.45) is 4.99 Å². The second kappa shape index (κ2) is 11.7. The van der Waals surface area contributed by atoms with E-state index in [0.29, 0.717) is 28.9 Å². The molecule has 10 heteroatoms. The lowest BCUT2D eigenvalue weighted by Gasteiger charge is -2.12. The van der Waals surface area contributed by atoms with Gasteiger partial charge in [0.05, 0.1) is 23.3 Å². The van der Waals surface area contributed by atoms with E-state index in [9.17, 15) is 19.1 Å². The number of amides is 1.